The maximum atomic E-state index is 12.4. The predicted octanol–water partition coefficient (Wildman–Crippen LogP) is 2.13. The van der Waals surface area contributed by atoms with Crippen molar-refractivity contribution in [1.82, 2.24) is 15.1 Å². The molecule has 1 amide bonds. The fourth-order valence-electron chi connectivity index (χ4n) is 3.47. The lowest BCUT2D eigenvalue weighted by Gasteiger charge is -2.33. The Morgan fingerprint density at radius 3 is 2.29 bits per heavy atom. The number of amides is 1. The van der Waals surface area contributed by atoms with E-state index in [1.807, 2.05) is 43.0 Å². The smallest absolute Gasteiger partial charge is 0.308 e. The van der Waals surface area contributed by atoms with E-state index in [0.29, 0.717) is 25.2 Å². The number of nitrogens with zero attached hydrogens (tertiary/aromatic N) is 3. The number of rotatable bonds is 6. The second-order valence-corrected chi connectivity index (χ2v) is 6.86. The van der Waals surface area contributed by atoms with E-state index in [9.17, 15) is 9.59 Å². The predicted molar refractivity (Wildman–Crippen MR) is 110 cm³/mol. The molecule has 1 heterocycles. The number of methoxy groups -OCH3 is 1. The van der Waals surface area contributed by atoms with E-state index >= 15 is 0 Å². The lowest BCUT2D eigenvalue weighted by molar-refractivity contribution is -0.146. The minimum absolute atomic E-state index is 0.0183. The van der Waals surface area contributed by atoms with Gasteiger partial charge in [0.15, 0.2) is 5.96 Å². The fourth-order valence-corrected chi connectivity index (χ4v) is 3.47. The Morgan fingerprint density at radius 2 is 1.79 bits per heavy atom. The Kier molecular flexibility index (Phi) is 8.29. The van der Waals surface area contributed by atoms with Crippen molar-refractivity contribution < 1.29 is 14.3 Å². The van der Waals surface area contributed by atoms with E-state index in [4.69, 9.17) is 4.74 Å². The van der Waals surface area contributed by atoms with Crippen molar-refractivity contribution in [3.8, 4) is 0 Å². The Morgan fingerprint density at radius 1 is 1.18 bits per heavy atom. The normalized spacial score (nSPS) is 15.3. The van der Waals surface area contributed by atoms with Gasteiger partial charge in [0.2, 0.25) is 0 Å². The van der Waals surface area contributed by atoms with Crippen LogP contribution in [0.25, 0.3) is 0 Å². The molecular weight excluding hydrogens is 356 g/mol. The number of guanidine groups is 1. The molecule has 0 aliphatic carbocycles. The molecule has 1 aromatic carbocycles. The molecule has 0 atom stereocenters. The van der Waals surface area contributed by atoms with Gasteiger partial charge in [-0.1, -0.05) is 12.1 Å². The summed E-state index contributed by atoms with van der Waals surface area (Å²) in [7, 11) is 3.20. The third-order valence-electron chi connectivity index (χ3n) is 5.24. The van der Waals surface area contributed by atoms with Gasteiger partial charge in [-0.05, 0) is 44.4 Å². The third-order valence-corrected chi connectivity index (χ3v) is 5.24. The van der Waals surface area contributed by atoms with Gasteiger partial charge >= 0.3 is 5.97 Å². The van der Waals surface area contributed by atoms with Crippen LogP contribution in [0, 0.1) is 5.92 Å². The van der Waals surface area contributed by atoms with Gasteiger partial charge in [0.05, 0.1) is 13.0 Å². The highest BCUT2D eigenvalue weighted by molar-refractivity contribution is 5.94. The summed E-state index contributed by atoms with van der Waals surface area (Å²) in [5.41, 5.74) is 1.79. The quantitative estimate of drug-likeness (QED) is 0.459. The summed E-state index contributed by atoms with van der Waals surface area (Å²) >= 11 is 0. The van der Waals surface area contributed by atoms with Crippen molar-refractivity contribution in [2.75, 3.05) is 40.3 Å². The van der Waals surface area contributed by atoms with Crippen molar-refractivity contribution in [2.24, 2.45) is 10.9 Å². The number of esters is 1. The van der Waals surface area contributed by atoms with E-state index in [-0.39, 0.29) is 17.8 Å². The summed E-state index contributed by atoms with van der Waals surface area (Å²) in [6, 6.07) is 7.70. The maximum absolute atomic E-state index is 12.4. The number of hydrogen-bond donors (Lipinski definition) is 1. The Labute approximate surface area is 167 Å². The van der Waals surface area contributed by atoms with Crippen LogP contribution in [0.1, 0.15) is 42.6 Å². The van der Waals surface area contributed by atoms with Crippen molar-refractivity contribution in [1.29, 1.82) is 0 Å². The third kappa shape index (κ3) is 5.47. The number of hydrogen-bond acceptors (Lipinski definition) is 4. The number of likely N-dealkylation sites (tertiary alicyclic amines) is 1. The number of carbonyl (C=O) groups excluding carboxylic acids is 2. The van der Waals surface area contributed by atoms with Gasteiger partial charge in [-0.25, -0.2) is 0 Å². The Balaban J connectivity index is 1.88. The van der Waals surface area contributed by atoms with Crippen molar-refractivity contribution in [2.45, 2.75) is 33.2 Å². The largest absolute Gasteiger partial charge is 0.469 e. The van der Waals surface area contributed by atoms with Crippen molar-refractivity contribution >= 4 is 17.8 Å². The second kappa shape index (κ2) is 10.7. The SMILES string of the molecule is CCN(CC)C(=O)c1ccc(CNC(=NC)N2CCC(C(=O)OC)CC2)cc1. The van der Waals surface area contributed by atoms with Gasteiger partial charge in [-0.2, -0.15) is 0 Å². The van der Waals surface area contributed by atoms with E-state index in [1.165, 1.54) is 7.11 Å². The summed E-state index contributed by atoms with van der Waals surface area (Å²) in [4.78, 5) is 32.4. The first-order chi connectivity index (χ1) is 13.5. The molecule has 0 unspecified atom stereocenters. The highest BCUT2D eigenvalue weighted by atomic mass is 16.5. The molecule has 1 saturated heterocycles. The van der Waals surface area contributed by atoms with Gasteiger partial charge in [-0.15, -0.1) is 0 Å². The zero-order valence-electron chi connectivity index (χ0n) is 17.4. The Bertz CT molecular complexity index is 675. The molecule has 1 aliphatic rings. The van der Waals surface area contributed by atoms with Gasteiger partial charge < -0.3 is 19.9 Å². The van der Waals surface area contributed by atoms with E-state index in [0.717, 1.165) is 37.5 Å². The minimum Gasteiger partial charge on any atom is -0.469 e. The molecule has 0 radical (unpaired) electrons. The summed E-state index contributed by atoms with van der Waals surface area (Å²) in [5, 5.41) is 3.37. The number of aliphatic imine (C=N–C) groups is 1. The van der Waals surface area contributed by atoms with Crippen LogP contribution in [0.3, 0.4) is 0 Å². The second-order valence-electron chi connectivity index (χ2n) is 6.86. The van der Waals surface area contributed by atoms with Crippen LogP contribution in [0.15, 0.2) is 29.3 Å². The molecule has 1 fully saturated rings. The van der Waals surface area contributed by atoms with Crippen molar-refractivity contribution in [3.05, 3.63) is 35.4 Å². The van der Waals surface area contributed by atoms with Gasteiger partial charge in [0, 0.05) is 45.3 Å². The zero-order chi connectivity index (χ0) is 20.5. The van der Waals surface area contributed by atoms with Crippen LogP contribution in [0.5, 0.6) is 0 Å². The standard InChI is InChI=1S/C21H32N4O3/c1-5-24(6-2)19(26)17-9-7-16(8-10-17)15-23-21(22-3)25-13-11-18(12-14-25)20(27)28-4/h7-10,18H,5-6,11-15H2,1-4H3,(H,22,23). The van der Waals surface area contributed by atoms with Gasteiger partial charge in [0.1, 0.15) is 0 Å². The van der Waals surface area contributed by atoms with Crippen LogP contribution in [0.2, 0.25) is 0 Å². The molecule has 1 aromatic rings. The molecule has 7 nitrogen and oxygen atoms in total. The number of benzene rings is 1. The van der Waals surface area contributed by atoms with Crippen LogP contribution in [-0.4, -0.2) is 68.0 Å². The summed E-state index contributed by atoms with van der Waals surface area (Å²) < 4.78 is 4.84. The topological polar surface area (TPSA) is 74.2 Å². The molecule has 1 aliphatic heterocycles. The highest BCUT2D eigenvalue weighted by Gasteiger charge is 2.26. The van der Waals surface area contributed by atoms with Gasteiger partial charge in [-0.3, -0.25) is 14.6 Å². The van der Waals surface area contributed by atoms with Crippen LogP contribution in [0.4, 0.5) is 0 Å². The molecule has 28 heavy (non-hydrogen) atoms. The lowest BCUT2D eigenvalue weighted by atomic mass is 9.97. The monoisotopic (exact) mass is 388 g/mol. The lowest BCUT2D eigenvalue weighted by Crippen LogP contribution is -2.46. The molecule has 7 heteroatoms. The highest BCUT2D eigenvalue weighted by Crippen LogP contribution is 2.18. The number of nitrogens with one attached hydrogen (secondary N) is 1. The van der Waals surface area contributed by atoms with Crippen molar-refractivity contribution in [3.63, 3.8) is 0 Å². The molecule has 2 rings (SSSR count). The fraction of sp³-hybridized carbons (Fsp3) is 0.571. The molecule has 154 valence electrons. The molecule has 0 bridgehead atoms. The molecule has 0 aromatic heterocycles. The molecule has 1 N–H and O–H groups in total. The molecular formula is C21H32N4O3. The van der Waals surface area contributed by atoms with Crippen LogP contribution >= 0.6 is 0 Å². The maximum Gasteiger partial charge on any atom is 0.308 e. The Hall–Kier alpha value is -2.57. The van der Waals surface area contributed by atoms with E-state index in [1.54, 1.807) is 7.05 Å². The first-order valence-corrected chi connectivity index (χ1v) is 9.95. The number of carbonyl (C=O) groups is 2. The summed E-state index contributed by atoms with van der Waals surface area (Å²) in [6.07, 6.45) is 1.55. The van der Waals surface area contributed by atoms with Gasteiger partial charge in [0.25, 0.3) is 5.91 Å². The first kappa shape index (κ1) is 21.7. The number of ether oxygens (including phenoxy) is 1. The zero-order valence-corrected chi connectivity index (χ0v) is 17.4. The van der Waals surface area contributed by atoms with E-state index < -0.39 is 0 Å². The summed E-state index contributed by atoms with van der Waals surface area (Å²) in [6.45, 7) is 7.57. The van der Waals surface area contributed by atoms with Crippen LogP contribution < -0.4 is 5.32 Å². The average molecular weight is 389 g/mol. The molecule has 0 saturated carbocycles. The van der Waals surface area contributed by atoms with E-state index in [2.05, 4.69) is 15.2 Å². The average Bonchev–Trinajstić information content (AvgIpc) is 2.75. The minimum atomic E-state index is -0.123. The number of piperidine rings is 1. The summed E-state index contributed by atoms with van der Waals surface area (Å²) in [5.74, 6) is 0.748. The first-order valence-electron chi connectivity index (χ1n) is 9.95. The van der Waals surface area contributed by atoms with Crippen LogP contribution in [-0.2, 0) is 16.1 Å². The molecule has 0 spiro atoms.